The van der Waals surface area contributed by atoms with Gasteiger partial charge in [0, 0.05) is 18.5 Å². The lowest BCUT2D eigenvalue weighted by atomic mass is 10.2. The van der Waals surface area contributed by atoms with Gasteiger partial charge in [0.1, 0.15) is 11.5 Å². The maximum Gasteiger partial charge on any atom is 0.303 e. The van der Waals surface area contributed by atoms with Crippen molar-refractivity contribution in [3.05, 3.63) is 29.7 Å². The number of amides is 1. The Kier molecular flexibility index (Phi) is 5.17. The maximum absolute atomic E-state index is 11.5. The van der Waals surface area contributed by atoms with Gasteiger partial charge in [0.15, 0.2) is 0 Å². The van der Waals surface area contributed by atoms with E-state index in [2.05, 4.69) is 5.32 Å². The van der Waals surface area contributed by atoms with Crippen LogP contribution in [0.1, 0.15) is 31.3 Å². The SMILES string of the molecule is Cc1ccc(/C=C\C(=O)N[C@@H](C)CCC(=O)O)o1. The van der Waals surface area contributed by atoms with E-state index in [1.807, 2.05) is 13.0 Å². The van der Waals surface area contributed by atoms with Crippen LogP contribution in [-0.4, -0.2) is 23.0 Å². The molecule has 1 rings (SSSR count). The van der Waals surface area contributed by atoms with E-state index in [1.165, 1.54) is 6.08 Å². The smallest absolute Gasteiger partial charge is 0.303 e. The zero-order valence-electron chi connectivity index (χ0n) is 10.5. The molecule has 0 saturated heterocycles. The van der Waals surface area contributed by atoms with Crippen LogP contribution in [0.5, 0.6) is 0 Å². The van der Waals surface area contributed by atoms with Gasteiger partial charge in [-0.2, -0.15) is 0 Å². The average Bonchev–Trinajstić information content (AvgIpc) is 2.70. The summed E-state index contributed by atoms with van der Waals surface area (Å²) in [5, 5.41) is 11.2. The molecule has 0 aromatic carbocycles. The summed E-state index contributed by atoms with van der Waals surface area (Å²) in [7, 11) is 0. The number of aliphatic carboxylic acids is 1. The zero-order valence-corrected chi connectivity index (χ0v) is 10.5. The third-order valence-electron chi connectivity index (χ3n) is 2.34. The zero-order chi connectivity index (χ0) is 13.5. The van der Waals surface area contributed by atoms with E-state index in [4.69, 9.17) is 9.52 Å². The fraction of sp³-hybridized carbons (Fsp3) is 0.385. The van der Waals surface area contributed by atoms with Crippen LogP contribution in [0.15, 0.2) is 22.6 Å². The number of carboxylic acid groups (broad SMARTS) is 1. The molecule has 1 heterocycles. The summed E-state index contributed by atoms with van der Waals surface area (Å²) in [4.78, 5) is 21.9. The van der Waals surface area contributed by atoms with Crippen LogP contribution in [0.25, 0.3) is 6.08 Å². The van der Waals surface area contributed by atoms with Gasteiger partial charge in [-0.3, -0.25) is 9.59 Å². The van der Waals surface area contributed by atoms with Gasteiger partial charge in [-0.15, -0.1) is 0 Å². The van der Waals surface area contributed by atoms with Crippen LogP contribution in [0.2, 0.25) is 0 Å². The number of hydrogen-bond donors (Lipinski definition) is 2. The summed E-state index contributed by atoms with van der Waals surface area (Å²) in [5.74, 6) is 0.269. The molecule has 1 amide bonds. The fourth-order valence-electron chi connectivity index (χ4n) is 1.40. The third-order valence-corrected chi connectivity index (χ3v) is 2.34. The predicted molar refractivity (Wildman–Crippen MR) is 67.0 cm³/mol. The maximum atomic E-state index is 11.5. The van der Waals surface area contributed by atoms with E-state index in [9.17, 15) is 9.59 Å². The van der Waals surface area contributed by atoms with Gasteiger partial charge < -0.3 is 14.8 Å². The number of aryl methyl sites for hydroxylation is 1. The van der Waals surface area contributed by atoms with E-state index in [-0.39, 0.29) is 18.4 Å². The molecule has 0 aliphatic heterocycles. The Morgan fingerprint density at radius 3 is 2.78 bits per heavy atom. The molecular formula is C13H17NO4. The number of nitrogens with one attached hydrogen (secondary N) is 1. The quantitative estimate of drug-likeness (QED) is 0.757. The Balaban J connectivity index is 2.37. The molecule has 0 spiro atoms. The molecule has 5 heteroatoms. The van der Waals surface area contributed by atoms with Gasteiger partial charge in [-0.05, 0) is 38.5 Å². The van der Waals surface area contributed by atoms with Crippen molar-refractivity contribution in [2.75, 3.05) is 0 Å². The lowest BCUT2D eigenvalue weighted by Gasteiger charge is -2.10. The molecule has 98 valence electrons. The van der Waals surface area contributed by atoms with Crippen molar-refractivity contribution < 1.29 is 19.1 Å². The third kappa shape index (κ3) is 5.34. The van der Waals surface area contributed by atoms with Crippen molar-refractivity contribution >= 4 is 18.0 Å². The van der Waals surface area contributed by atoms with E-state index in [0.717, 1.165) is 5.76 Å². The molecule has 0 unspecified atom stereocenters. The van der Waals surface area contributed by atoms with Gasteiger partial charge in [0.05, 0.1) is 0 Å². The van der Waals surface area contributed by atoms with Gasteiger partial charge >= 0.3 is 5.97 Å². The summed E-state index contributed by atoms with van der Waals surface area (Å²) in [6, 6.07) is 3.41. The second-order valence-electron chi connectivity index (χ2n) is 4.12. The summed E-state index contributed by atoms with van der Waals surface area (Å²) in [6.45, 7) is 3.59. The van der Waals surface area contributed by atoms with Crippen LogP contribution >= 0.6 is 0 Å². The van der Waals surface area contributed by atoms with Crippen molar-refractivity contribution in [2.24, 2.45) is 0 Å². The molecule has 0 aliphatic carbocycles. The number of hydrogen-bond acceptors (Lipinski definition) is 3. The number of carbonyl (C=O) groups is 2. The normalized spacial score (nSPS) is 12.6. The molecule has 18 heavy (non-hydrogen) atoms. The molecular weight excluding hydrogens is 234 g/mol. The van der Waals surface area contributed by atoms with Gasteiger partial charge in [0.2, 0.25) is 5.91 Å². The monoisotopic (exact) mass is 251 g/mol. The summed E-state index contributed by atoms with van der Waals surface area (Å²) in [5.41, 5.74) is 0. The largest absolute Gasteiger partial charge is 0.481 e. The number of carbonyl (C=O) groups excluding carboxylic acids is 1. The minimum atomic E-state index is -0.863. The Morgan fingerprint density at radius 1 is 1.50 bits per heavy atom. The molecule has 0 aliphatic rings. The molecule has 0 bridgehead atoms. The summed E-state index contributed by atoms with van der Waals surface area (Å²) in [6.07, 6.45) is 3.40. The Bertz CT molecular complexity index is 448. The van der Waals surface area contributed by atoms with Crippen molar-refractivity contribution in [3.63, 3.8) is 0 Å². The van der Waals surface area contributed by atoms with E-state index >= 15 is 0 Å². The highest BCUT2D eigenvalue weighted by atomic mass is 16.4. The van der Waals surface area contributed by atoms with Crippen LogP contribution in [-0.2, 0) is 9.59 Å². The van der Waals surface area contributed by atoms with Crippen LogP contribution in [0.3, 0.4) is 0 Å². The number of furan rings is 1. The minimum Gasteiger partial charge on any atom is -0.481 e. The molecule has 1 aromatic heterocycles. The van der Waals surface area contributed by atoms with Gasteiger partial charge in [-0.1, -0.05) is 0 Å². The van der Waals surface area contributed by atoms with E-state index < -0.39 is 5.97 Å². The first-order valence-electron chi connectivity index (χ1n) is 5.74. The van der Waals surface area contributed by atoms with Crippen LogP contribution < -0.4 is 5.32 Å². The lowest BCUT2D eigenvalue weighted by Crippen LogP contribution is -2.31. The van der Waals surface area contributed by atoms with Crippen molar-refractivity contribution in [1.29, 1.82) is 0 Å². The molecule has 2 N–H and O–H groups in total. The molecule has 5 nitrogen and oxygen atoms in total. The Morgan fingerprint density at radius 2 is 2.22 bits per heavy atom. The average molecular weight is 251 g/mol. The van der Waals surface area contributed by atoms with Gasteiger partial charge in [0.25, 0.3) is 0 Å². The predicted octanol–water partition coefficient (Wildman–Crippen LogP) is 1.97. The Hall–Kier alpha value is -2.04. The first kappa shape index (κ1) is 14.0. The molecule has 0 radical (unpaired) electrons. The number of carboxylic acids is 1. The molecule has 0 saturated carbocycles. The highest BCUT2D eigenvalue weighted by molar-refractivity contribution is 5.91. The second-order valence-corrected chi connectivity index (χ2v) is 4.12. The Labute approximate surface area is 105 Å². The highest BCUT2D eigenvalue weighted by Gasteiger charge is 2.07. The summed E-state index contributed by atoms with van der Waals surface area (Å²) >= 11 is 0. The standard InChI is InChI=1S/C13H17NO4/c1-9(3-8-13(16)17)14-12(15)7-6-11-5-4-10(2)18-11/h4-7,9H,3,8H2,1-2H3,(H,14,15)(H,16,17)/b7-6-/t9-/m0/s1. The highest BCUT2D eigenvalue weighted by Crippen LogP contribution is 2.07. The van der Waals surface area contributed by atoms with E-state index in [0.29, 0.717) is 12.2 Å². The van der Waals surface area contributed by atoms with Crippen LogP contribution in [0, 0.1) is 6.92 Å². The fourth-order valence-corrected chi connectivity index (χ4v) is 1.40. The second kappa shape index (κ2) is 6.64. The molecule has 1 atom stereocenters. The first-order valence-corrected chi connectivity index (χ1v) is 5.74. The van der Waals surface area contributed by atoms with Crippen molar-refractivity contribution in [2.45, 2.75) is 32.7 Å². The van der Waals surface area contributed by atoms with Crippen molar-refractivity contribution in [3.8, 4) is 0 Å². The summed E-state index contributed by atoms with van der Waals surface area (Å²) < 4.78 is 5.27. The minimum absolute atomic E-state index is 0.0442. The van der Waals surface area contributed by atoms with Gasteiger partial charge in [-0.25, -0.2) is 0 Å². The first-order chi connectivity index (χ1) is 8.47. The van der Waals surface area contributed by atoms with Crippen LogP contribution in [0.4, 0.5) is 0 Å². The van der Waals surface area contributed by atoms with Crippen molar-refractivity contribution in [1.82, 2.24) is 5.32 Å². The topological polar surface area (TPSA) is 79.5 Å². The van der Waals surface area contributed by atoms with E-state index in [1.54, 1.807) is 19.1 Å². The molecule has 0 fully saturated rings. The number of rotatable bonds is 6. The lowest BCUT2D eigenvalue weighted by molar-refractivity contribution is -0.137. The molecule has 1 aromatic rings.